The molecule has 0 spiro atoms. The van der Waals surface area contributed by atoms with Gasteiger partial charge in [-0.15, -0.1) is 18.1 Å². The van der Waals surface area contributed by atoms with Gasteiger partial charge in [0.25, 0.3) is 6.35 Å². The van der Waals surface area contributed by atoms with Gasteiger partial charge in [-0.1, -0.05) is 27.2 Å². The number of hydrogen-bond acceptors (Lipinski definition) is 0. The van der Waals surface area contributed by atoms with Gasteiger partial charge in [-0.2, -0.15) is 0 Å². The van der Waals surface area contributed by atoms with Crippen LogP contribution in [0, 0.1) is 0 Å². The Morgan fingerprint density at radius 1 is 1.06 bits per heavy atom. The average molecular weight is 376 g/mol. The third-order valence-corrected chi connectivity index (χ3v) is 7.65. The van der Waals surface area contributed by atoms with E-state index in [2.05, 4.69) is 55.6 Å². The summed E-state index contributed by atoms with van der Waals surface area (Å²) in [5.74, 6) is 0. The molecule has 18 heavy (non-hydrogen) atoms. The molecule has 4 heteroatoms. The van der Waals surface area contributed by atoms with E-state index in [-0.39, 0.29) is 0 Å². The molecule has 1 aliphatic rings. The van der Waals surface area contributed by atoms with Gasteiger partial charge in [0.05, 0.1) is 0 Å². The molecular formula is C14H34BOSiSn. The standard InChI is InChI=1S/C11H25BOSi.3CH3.Sn/c1-7-11-10(4)14(5,6)13-12(11,8-2)9-3;;;;/h13H,7-9H2,1-6H3;3*1H3;. The molecule has 1 aliphatic heterocycles. The molecule has 1 rings (SSSR count). The van der Waals surface area contributed by atoms with Crippen LogP contribution in [0.3, 0.4) is 0 Å². The number of rotatable bonds is 3. The zero-order valence-corrected chi connectivity index (χ0v) is 18.0. The first-order chi connectivity index (χ1) is 8.16. The van der Waals surface area contributed by atoms with Crippen LogP contribution in [0.5, 0.6) is 0 Å². The van der Waals surface area contributed by atoms with Crippen LogP contribution in [0.2, 0.25) is 40.6 Å². The van der Waals surface area contributed by atoms with Crippen molar-refractivity contribution in [1.82, 2.24) is 0 Å². The third-order valence-electron chi connectivity index (χ3n) is 4.35. The van der Waals surface area contributed by atoms with E-state index in [0.29, 0.717) is 0 Å². The molecule has 1 radical (unpaired) electrons. The second-order valence-corrected chi connectivity index (χ2v) is 19.4. The second kappa shape index (κ2) is 7.53. The monoisotopic (exact) mass is 377 g/mol. The summed E-state index contributed by atoms with van der Waals surface area (Å²) in [6, 6.07) is 0. The maximum atomic E-state index is 5.25. The predicted molar refractivity (Wildman–Crippen MR) is 92.8 cm³/mol. The molecule has 0 aromatic rings. The zero-order valence-electron chi connectivity index (χ0n) is 14.1. The molecule has 0 aromatic carbocycles. The predicted octanol–water partition coefficient (Wildman–Crippen LogP) is 4.89. The van der Waals surface area contributed by atoms with Gasteiger partial charge in [0.1, 0.15) is 0 Å². The summed E-state index contributed by atoms with van der Waals surface area (Å²) in [5.41, 5.74) is 1.71. The summed E-state index contributed by atoms with van der Waals surface area (Å²) in [4.78, 5) is 7.09. The molecule has 1 heterocycles. The van der Waals surface area contributed by atoms with Gasteiger partial charge in [0.2, 0.25) is 0 Å². The Hall–Kier alpha value is 0.781. The van der Waals surface area contributed by atoms with Crippen molar-refractivity contribution in [1.29, 1.82) is 0 Å². The maximum absolute atomic E-state index is 5.25. The van der Waals surface area contributed by atoms with Crippen molar-refractivity contribution >= 4 is 34.4 Å². The summed E-state index contributed by atoms with van der Waals surface area (Å²) in [7, 11) is -1.37. The van der Waals surface area contributed by atoms with Gasteiger partial charge in [-0.05, 0) is 12.1 Å². The van der Waals surface area contributed by atoms with Crippen LogP contribution in [0.25, 0.3) is 0 Å². The minimum absolute atomic E-state index is 0.485. The molecule has 0 unspecified atom stereocenters. The topological polar surface area (TPSA) is 12.8 Å². The second-order valence-electron chi connectivity index (χ2n) is 6.70. The first-order valence-corrected chi connectivity index (χ1v) is 19.1. The van der Waals surface area contributed by atoms with Crippen molar-refractivity contribution in [3.63, 3.8) is 0 Å². The third kappa shape index (κ3) is 4.41. The molecule has 0 amide bonds. The molecule has 1 N–H and O–H groups in total. The van der Waals surface area contributed by atoms with E-state index in [0.717, 1.165) is 0 Å². The van der Waals surface area contributed by atoms with Crippen molar-refractivity contribution < 1.29 is 4.34 Å². The molecule has 0 saturated heterocycles. The summed E-state index contributed by atoms with van der Waals surface area (Å²) >= 11 is -0.543. The van der Waals surface area contributed by atoms with Gasteiger partial charge >= 0.3 is 42.9 Å². The Labute approximate surface area is 124 Å². The number of allylic oxidation sites excluding steroid dienone is 2. The van der Waals surface area contributed by atoms with Crippen molar-refractivity contribution in [2.24, 2.45) is 0 Å². The van der Waals surface area contributed by atoms with Crippen molar-refractivity contribution in [3.8, 4) is 0 Å². The van der Waals surface area contributed by atoms with Gasteiger partial charge < -0.3 is 4.34 Å². The molecule has 0 aliphatic carbocycles. The summed E-state index contributed by atoms with van der Waals surface area (Å²) < 4.78 is 5.25. The van der Waals surface area contributed by atoms with Crippen LogP contribution in [0.4, 0.5) is 0 Å². The van der Waals surface area contributed by atoms with Crippen molar-refractivity contribution in [2.45, 2.75) is 74.7 Å². The Morgan fingerprint density at radius 2 is 1.44 bits per heavy atom. The number of hydrogen-bond donors (Lipinski definition) is 0. The van der Waals surface area contributed by atoms with Crippen LogP contribution in [0.1, 0.15) is 34.1 Å². The molecule has 0 fully saturated rings. The first kappa shape index (κ1) is 18.8. The van der Waals surface area contributed by atoms with Crippen LogP contribution in [-0.2, 0) is 0 Å². The van der Waals surface area contributed by atoms with E-state index in [1.807, 2.05) is 0 Å². The Kier molecular flexibility index (Phi) is 7.86. The van der Waals surface area contributed by atoms with E-state index in [1.165, 1.54) is 19.1 Å². The van der Waals surface area contributed by atoms with Crippen LogP contribution in [0.15, 0.2) is 10.7 Å². The normalized spacial score (nSPS) is 21.0. The van der Waals surface area contributed by atoms with Crippen LogP contribution < -0.4 is 0 Å². The van der Waals surface area contributed by atoms with Crippen LogP contribution >= 0.6 is 0 Å². The molecule has 0 saturated carbocycles. The van der Waals surface area contributed by atoms with E-state index in [1.54, 1.807) is 10.7 Å². The van der Waals surface area contributed by atoms with Crippen LogP contribution in [-0.4, -0.2) is 38.8 Å². The van der Waals surface area contributed by atoms with E-state index < -0.39 is 34.4 Å². The Bertz CT molecular complexity index is 293. The minimum atomic E-state index is -1.37. The Balaban J connectivity index is 0.000000631. The molecule has 107 valence electrons. The zero-order chi connectivity index (χ0) is 14.6. The fourth-order valence-electron chi connectivity index (χ4n) is 3.20. The average Bonchev–Trinajstić information content (AvgIpc) is 2.46. The van der Waals surface area contributed by atoms with Crippen molar-refractivity contribution in [2.75, 3.05) is 0 Å². The fraction of sp³-hybridized carbons (Fsp3) is 0.857. The molecule has 0 atom stereocenters. The first-order valence-electron chi connectivity index (χ1n) is 7.56. The quantitative estimate of drug-likeness (QED) is 0.492. The van der Waals surface area contributed by atoms with Gasteiger partial charge in [-0.3, -0.25) is 0 Å². The molecule has 1 nitrogen and oxygen atoms in total. The fourth-order valence-corrected chi connectivity index (χ4v) is 6.38. The van der Waals surface area contributed by atoms with E-state index in [4.69, 9.17) is 4.34 Å². The summed E-state index contributed by atoms with van der Waals surface area (Å²) in [6.07, 6.45) is 3.22. The Morgan fingerprint density at radius 3 is 1.67 bits per heavy atom. The molecule has 0 bridgehead atoms. The van der Waals surface area contributed by atoms with Crippen molar-refractivity contribution in [3.05, 3.63) is 10.7 Å². The SMILES string of the molecule is CCC1=C(C)[Si](C)(C)[OH+][B-]1(CC)CC.[CH3][Sn]([CH3])[CH3]. The molecular weight excluding hydrogens is 342 g/mol. The molecule has 0 aromatic heterocycles. The van der Waals surface area contributed by atoms with Gasteiger partial charge in [-0.25, -0.2) is 0 Å². The summed E-state index contributed by atoms with van der Waals surface area (Å²) in [6.45, 7) is 14.0. The van der Waals surface area contributed by atoms with E-state index in [9.17, 15) is 0 Å². The van der Waals surface area contributed by atoms with Gasteiger partial charge in [0.15, 0.2) is 0 Å². The summed E-state index contributed by atoms with van der Waals surface area (Å²) in [5, 5.41) is 1.67. The van der Waals surface area contributed by atoms with Gasteiger partial charge in [0, 0.05) is 13.1 Å². The van der Waals surface area contributed by atoms with E-state index >= 15 is 0 Å².